The smallest absolute Gasteiger partial charge is 0.337 e. The van der Waals surface area contributed by atoms with E-state index in [-0.39, 0.29) is 0 Å². The van der Waals surface area contributed by atoms with Gasteiger partial charge >= 0.3 is 5.97 Å². The molecule has 0 aromatic heterocycles. The average molecular weight is 184 g/mol. The molecule has 13 heavy (non-hydrogen) atoms. The average Bonchev–Trinajstić information content (AvgIpc) is 2.18. The van der Waals surface area contributed by atoms with Crippen molar-refractivity contribution in [2.45, 2.75) is 0 Å². The largest absolute Gasteiger partial charge is 0.465 e. The third-order valence-corrected chi connectivity index (χ3v) is 1.48. The first-order valence-corrected chi connectivity index (χ1v) is 3.65. The molecule has 0 amide bonds. The first-order valence-electron chi connectivity index (χ1n) is 3.65. The molecular weight excluding hydrogens is 175 g/mol. The van der Waals surface area contributed by atoms with Gasteiger partial charge in [-0.2, -0.15) is 0 Å². The summed E-state index contributed by atoms with van der Waals surface area (Å²) in [7, 11) is 1.28. The van der Waals surface area contributed by atoms with Gasteiger partial charge in [0, 0.05) is 0 Å². The molecule has 1 aromatic rings. The molecule has 0 aliphatic carbocycles. The van der Waals surface area contributed by atoms with E-state index in [1.54, 1.807) is 18.2 Å². The van der Waals surface area contributed by atoms with Crippen LogP contribution in [0.4, 0.5) is 4.39 Å². The van der Waals surface area contributed by atoms with Gasteiger partial charge in [-0.1, -0.05) is 6.07 Å². The molecule has 1 aromatic carbocycles. The highest BCUT2D eigenvalue weighted by atomic mass is 19.1. The van der Waals surface area contributed by atoms with Crippen molar-refractivity contribution in [3.63, 3.8) is 0 Å². The normalized spacial score (nSPS) is 9.38. The maximum atomic E-state index is 11.8. The second kappa shape index (κ2) is 4.45. The zero-order valence-electron chi connectivity index (χ0n) is 7.12. The number of rotatable bonds is 3. The molecule has 0 saturated heterocycles. The molecule has 4 heteroatoms. The van der Waals surface area contributed by atoms with Crippen LogP contribution in [0.1, 0.15) is 10.4 Å². The second-order valence-corrected chi connectivity index (χ2v) is 2.27. The fraction of sp³-hybridized carbons (Fsp3) is 0.222. The standard InChI is InChI=1S/C9H9FO3/c1-12-9(11)7-3-2-4-8(5-7)13-6-10/h2-5H,6H2,1H3. The van der Waals surface area contributed by atoms with Crippen LogP contribution < -0.4 is 4.74 Å². The number of hydrogen-bond donors (Lipinski definition) is 0. The van der Waals surface area contributed by atoms with Gasteiger partial charge in [0.15, 0.2) is 0 Å². The molecule has 0 saturated carbocycles. The van der Waals surface area contributed by atoms with Crippen molar-refractivity contribution >= 4 is 5.97 Å². The summed E-state index contributed by atoms with van der Waals surface area (Å²) in [5.74, 6) is -0.158. The Hall–Kier alpha value is -1.58. The highest BCUT2D eigenvalue weighted by Crippen LogP contribution is 2.13. The molecule has 0 N–H and O–H groups in total. The molecule has 0 bridgehead atoms. The van der Waals surface area contributed by atoms with E-state index < -0.39 is 12.8 Å². The first kappa shape index (κ1) is 9.51. The fourth-order valence-electron chi connectivity index (χ4n) is 0.894. The lowest BCUT2D eigenvalue weighted by Gasteiger charge is -2.02. The van der Waals surface area contributed by atoms with Gasteiger partial charge in [-0.3, -0.25) is 0 Å². The van der Waals surface area contributed by atoms with Crippen molar-refractivity contribution in [1.29, 1.82) is 0 Å². The second-order valence-electron chi connectivity index (χ2n) is 2.27. The van der Waals surface area contributed by atoms with Gasteiger partial charge in [0.25, 0.3) is 0 Å². The van der Waals surface area contributed by atoms with Crippen molar-refractivity contribution in [1.82, 2.24) is 0 Å². The van der Waals surface area contributed by atoms with Crippen LogP contribution in [-0.2, 0) is 4.74 Å². The van der Waals surface area contributed by atoms with E-state index in [0.29, 0.717) is 11.3 Å². The molecular formula is C9H9FO3. The Morgan fingerprint density at radius 2 is 2.31 bits per heavy atom. The van der Waals surface area contributed by atoms with Crippen LogP contribution in [0.3, 0.4) is 0 Å². The predicted molar refractivity (Wildman–Crippen MR) is 44.4 cm³/mol. The molecule has 0 radical (unpaired) electrons. The van der Waals surface area contributed by atoms with Gasteiger partial charge < -0.3 is 9.47 Å². The summed E-state index contributed by atoms with van der Waals surface area (Å²) in [6.45, 7) is -0.912. The Morgan fingerprint density at radius 1 is 1.54 bits per heavy atom. The Kier molecular flexibility index (Phi) is 3.25. The Morgan fingerprint density at radius 3 is 2.92 bits per heavy atom. The van der Waals surface area contributed by atoms with Crippen LogP contribution in [0, 0.1) is 0 Å². The molecule has 70 valence electrons. The Balaban J connectivity index is 2.85. The van der Waals surface area contributed by atoms with Gasteiger partial charge in [-0.25, -0.2) is 9.18 Å². The number of benzene rings is 1. The number of halogens is 1. The fourth-order valence-corrected chi connectivity index (χ4v) is 0.894. The third kappa shape index (κ3) is 2.43. The number of esters is 1. The quantitative estimate of drug-likeness (QED) is 0.671. The lowest BCUT2D eigenvalue weighted by Crippen LogP contribution is -2.01. The number of alkyl halides is 1. The van der Waals surface area contributed by atoms with Gasteiger partial charge in [0.05, 0.1) is 12.7 Å². The van der Waals surface area contributed by atoms with E-state index in [2.05, 4.69) is 9.47 Å². The maximum absolute atomic E-state index is 11.8. The molecule has 0 aliphatic heterocycles. The summed E-state index contributed by atoms with van der Waals surface area (Å²) < 4.78 is 20.8. The predicted octanol–water partition coefficient (Wildman–Crippen LogP) is 1.78. The van der Waals surface area contributed by atoms with Crippen LogP contribution in [0.5, 0.6) is 5.75 Å². The number of hydrogen-bond acceptors (Lipinski definition) is 3. The summed E-state index contributed by atoms with van der Waals surface area (Å²) in [4.78, 5) is 11.0. The zero-order chi connectivity index (χ0) is 9.68. The SMILES string of the molecule is COC(=O)c1cccc(OCF)c1. The number of carbonyl (C=O) groups is 1. The third-order valence-electron chi connectivity index (χ3n) is 1.48. The van der Waals surface area contributed by atoms with Crippen LogP contribution in [0.15, 0.2) is 24.3 Å². The van der Waals surface area contributed by atoms with Gasteiger partial charge in [-0.15, -0.1) is 0 Å². The molecule has 0 unspecified atom stereocenters. The molecule has 0 aliphatic rings. The number of ether oxygens (including phenoxy) is 2. The molecule has 0 atom stereocenters. The topological polar surface area (TPSA) is 35.5 Å². The van der Waals surface area contributed by atoms with Gasteiger partial charge in [0.2, 0.25) is 6.86 Å². The van der Waals surface area contributed by atoms with Crippen LogP contribution >= 0.6 is 0 Å². The maximum Gasteiger partial charge on any atom is 0.337 e. The first-order chi connectivity index (χ1) is 6.27. The minimum Gasteiger partial charge on any atom is -0.465 e. The summed E-state index contributed by atoms with van der Waals surface area (Å²) >= 11 is 0. The van der Waals surface area contributed by atoms with E-state index in [9.17, 15) is 9.18 Å². The summed E-state index contributed by atoms with van der Waals surface area (Å²) in [5.41, 5.74) is 0.341. The van der Waals surface area contributed by atoms with Crippen molar-refractivity contribution in [2.75, 3.05) is 14.0 Å². The molecule has 0 heterocycles. The van der Waals surface area contributed by atoms with E-state index in [0.717, 1.165) is 0 Å². The van der Waals surface area contributed by atoms with E-state index in [4.69, 9.17) is 0 Å². The molecule has 0 spiro atoms. The Bertz CT molecular complexity index is 299. The summed E-state index contributed by atoms with van der Waals surface area (Å²) in [5, 5.41) is 0. The monoisotopic (exact) mass is 184 g/mol. The van der Waals surface area contributed by atoms with E-state index >= 15 is 0 Å². The van der Waals surface area contributed by atoms with Crippen LogP contribution in [-0.4, -0.2) is 19.9 Å². The van der Waals surface area contributed by atoms with Crippen LogP contribution in [0.2, 0.25) is 0 Å². The van der Waals surface area contributed by atoms with Crippen molar-refractivity contribution < 1.29 is 18.7 Å². The highest BCUT2D eigenvalue weighted by Gasteiger charge is 2.05. The van der Waals surface area contributed by atoms with Gasteiger partial charge in [-0.05, 0) is 18.2 Å². The van der Waals surface area contributed by atoms with Crippen molar-refractivity contribution in [3.8, 4) is 5.75 Å². The summed E-state index contributed by atoms with van der Waals surface area (Å²) in [6, 6.07) is 6.14. The van der Waals surface area contributed by atoms with Crippen molar-refractivity contribution in [2.24, 2.45) is 0 Å². The zero-order valence-corrected chi connectivity index (χ0v) is 7.12. The van der Waals surface area contributed by atoms with E-state index in [1.807, 2.05) is 0 Å². The minimum atomic E-state index is -0.912. The van der Waals surface area contributed by atoms with E-state index in [1.165, 1.54) is 13.2 Å². The highest BCUT2D eigenvalue weighted by molar-refractivity contribution is 5.89. The van der Waals surface area contributed by atoms with Crippen LogP contribution in [0.25, 0.3) is 0 Å². The minimum absolute atomic E-state index is 0.311. The summed E-state index contributed by atoms with van der Waals surface area (Å²) in [6.07, 6.45) is 0. The number of methoxy groups -OCH3 is 1. The lowest BCUT2D eigenvalue weighted by molar-refractivity contribution is 0.0600. The molecule has 0 fully saturated rings. The lowest BCUT2D eigenvalue weighted by atomic mass is 10.2. The molecule has 3 nitrogen and oxygen atoms in total. The molecule has 1 rings (SSSR count). The number of carbonyl (C=O) groups excluding carboxylic acids is 1. The van der Waals surface area contributed by atoms with Crippen molar-refractivity contribution in [3.05, 3.63) is 29.8 Å². The van der Waals surface area contributed by atoms with Gasteiger partial charge in [0.1, 0.15) is 5.75 Å². The Labute approximate surface area is 75.1 Å².